The second-order valence-corrected chi connectivity index (χ2v) is 8.61. The third kappa shape index (κ3) is 5.03. The molecule has 0 bridgehead atoms. The monoisotopic (exact) mass is 360 g/mol. The maximum atomic E-state index is 11.7. The van der Waals surface area contributed by atoms with Crippen LogP contribution in [0, 0.1) is 0 Å². The van der Waals surface area contributed by atoms with Crippen LogP contribution in [0.3, 0.4) is 0 Å². The van der Waals surface area contributed by atoms with Gasteiger partial charge < -0.3 is 4.74 Å². The van der Waals surface area contributed by atoms with Crippen LogP contribution in [0.5, 0.6) is 5.75 Å². The molecule has 0 amide bonds. The van der Waals surface area contributed by atoms with Gasteiger partial charge in [0.05, 0.1) is 17.2 Å². The highest BCUT2D eigenvalue weighted by Crippen LogP contribution is 2.21. The summed E-state index contributed by atoms with van der Waals surface area (Å²) in [6, 6.07) is 13.9. The van der Waals surface area contributed by atoms with Gasteiger partial charge in [0.2, 0.25) is 0 Å². The molecule has 5 nitrogen and oxygen atoms in total. The first kappa shape index (κ1) is 17.9. The van der Waals surface area contributed by atoms with Crippen molar-refractivity contribution in [1.82, 2.24) is 9.88 Å². The van der Waals surface area contributed by atoms with Crippen LogP contribution in [0.15, 0.2) is 48.7 Å². The molecular weight excluding hydrogens is 336 g/mol. The van der Waals surface area contributed by atoms with Crippen molar-refractivity contribution in [2.24, 2.45) is 0 Å². The molecule has 1 aliphatic heterocycles. The van der Waals surface area contributed by atoms with Crippen molar-refractivity contribution in [3.63, 3.8) is 0 Å². The highest BCUT2D eigenvalue weighted by Gasteiger charge is 2.31. The smallest absolute Gasteiger partial charge is 0.151 e. The lowest BCUT2D eigenvalue weighted by Crippen LogP contribution is -2.35. The van der Waals surface area contributed by atoms with Crippen molar-refractivity contribution in [3.05, 3.63) is 59.9 Å². The molecule has 1 aromatic heterocycles. The Balaban J connectivity index is 1.62. The Kier molecular flexibility index (Phi) is 5.71. The van der Waals surface area contributed by atoms with Crippen LogP contribution in [-0.4, -0.2) is 42.4 Å². The summed E-state index contributed by atoms with van der Waals surface area (Å²) in [5.41, 5.74) is 2.02. The molecule has 1 aliphatic rings. The molecule has 2 heterocycles. The molecule has 1 unspecified atom stereocenters. The van der Waals surface area contributed by atoms with E-state index in [0.717, 1.165) is 36.5 Å². The summed E-state index contributed by atoms with van der Waals surface area (Å²) in [5.74, 6) is 1.39. The first-order valence-corrected chi connectivity index (χ1v) is 10.4. The van der Waals surface area contributed by atoms with Gasteiger partial charge in [-0.05, 0) is 42.8 Å². The number of nitrogens with zero attached hydrogens (tertiary/aromatic N) is 2. The number of rotatable bonds is 7. The Morgan fingerprint density at radius 3 is 2.80 bits per heavy atom. The highest BCUT2D eigenvalue weighted by atomic mass is 32.2. The van der Waals surface area contributed by atoms with Crippen LogP contribution in [0.4, 0.5) is 0 Å². The van der Waals surface area contributed by atoms with Crippen molar-refractivity contribution in [2.75, 3.05) is 18.1 Å². The van der Waals surface area contributed by atoms with Crippen molar-refractivity contribution in [3.8, 4) is 5.75 Å². The molecule has 1 fully saturated rings. The summed E-state index contributed by atoms with van der Waals surface area (Å²) in [6.07, 6.45) is 2.48. The fourth-order valence-electron chi connectivity index (χ4n) is 3.17. The number of ether oxygens (including phenoxy) is 1. The molecule has 3 rings (SSSR count). The van der Waals surface area contributed by atoms with Crippen LogP contribution in [0.1, 0.15) is 24.6 Å². The zero-order valence-corrected chi connectivity index (χ0v) is 15.3. The summed E-state index contributed by atoms with van der Waals surface area (Å²) in [6.45, 7) is 4.08. The number of pyridine rings is 1. The number of hydrogen-bond acceptors (Lipinski definition) is 5. The van der Waals surface area contributed by atoms with E-state index in [1.165, 1.54) is 0 Å². The Morgan fingerprint density at radius 1 is 1.24 bits per heavy atom. The van der Waals surface area contributed by atoms with Crippen molar-refractivity contribution < 1.29 is 13.2 Å². The van der Waals surface area contributed by atoms with Gasteiger partial charge in [0.25, 0.3) is 0 Å². The summed E-state index contributed by atoms with van der Waals surface area (Å²) >= 11 is 0. The van der Waals surface area contributed by atoms with Crippen LogP contribution in [0.25, 0.3) is 0 Å². The van der Waals surface area contributed by atoms with Gasteiger partial charge in [0.1, 0.15) is 12.4 Å². The molecule has 1 aromatic carbocycles. The predicted octanol–water partition coefficient (Wildman–Crippen LogP) is 2.67. The standard InChI is InChI=1S/C19H24N2O3S/c1-2-21(18-9-11-25(22,23)15-18)13-16-6-5-8-19(12-16)24-14-17-7-3-4-10-20-17/h3-8,10,12,18H,2,9,11,13-15H2,1H3. The molecule has 6 heteroatoms. The average molecular weight is 360 g/mol. The van der Waals surface area contributed by atoms with Gasteiger partial charge in [-0.1, -0.05) is 25.1 Å². The van der Waals surface area contributed by atoms with Crippen molar-refractivity contribution in [2.45, 2.75) is 32.5 Å². The molecule has 0 spiro atoms. The summed E-state index contributed by atoms with van der Waals surface area (Å²) < 4.78 is 29.3. The minimum absolute atomic E-state index is 0.119. The van der Waals surface area contributed by atoms with Gasteiger partial charge in [-0.3, -0.25) is 9.88 Å². The number of hydrogen-bond donors (Lipinski definition) is 0. The van der Waals surface area contributed by atoms with Gasteiger partial charge in [0.15, 0.2) is 9.84 Å². The Labute approximate surface area is 149 Å². The minimum Gasteiger partial charge on any atom is -0.487 e. The van der Waals surface area contributed by atoms with Gasteiger partial charge in [-0.25, -0.2) is 8.42 Å². The molecule has 25 heavy (non-hydrogen) atoms. The van der Waals surface area contributed by atoms with E-state index in [1.807, 2.05) is 36.4 Å². The molecule has 1 saturated heterocycles. The van der Waals surface area contributed by atoms with E-state index in [2.05, 4.69) is 22.9 Å². The quantitative estimate of drug-likeness (QED) is 0.760. The Bertz CT molecular complexity index is 793. The summed E-state index contributed by atoms with van der Waals surface area (Å²) in [5, 5.41) is 0. The molecule has 0 saturated carbocycles. The zero-order valence-electron chi connectivity index (χ0n) is 14.5. The number of benzene rings is 1. The van der Waals surface area contributed by atoms with Gasteiger partial charge in [-0.15, -0.1) is 0 Å². The largest absolute Gasteiger partial charge is 0.487 e. The third-order valence-corrected chi connectivity index (χ3v) is 6.28. The molecule has 0 radical (unpaired) electrons. The highest BCUT2D eigenvalue weighted by molar-refractivity contribution is 7.91. The topological polar surface area (TPSA) is 59.5 Å². The van der Waals surface area contributed by atoms with Crippen LogP contribution >= 0.6 is 0 Å². The molecule has 2 aromatic rings. The normalized spacial score (nSPS) is 19.2. The Morgan fingerprint density at radius 2 is 2.12 bits per heavy atom. The summed E-state index contributed by atoms with van der Waals surface area (Å²) in [4.78, 5) is 6.49. The van der Waals surface area contributed by atoms with Gasteiger partial charge in [-0.2, -0.15) is 0 Å². The van der Waals surface area contributed by atoms with E-state index in [4.69, 9.17) is 4.74 Å². The van der Waals surface area contributed by atoms with Crippen LogP contribution in [-0.2, 0) is 23.0 Å². The SMILES string of the molecule is CCN(Cc1cccc(OCc2ccccn2)c1)C1CCS(=O)(=O)C1. The van der Waals surface area contributed by atoms with Gasteiger partial charge in [0, 0.05) is 18.8 Å². The van der Waals surface area contributed by atoms with Crippen molar-refractivity contribution in [1.29, 1.82) is 0 Å². The van der Waals surface area contributed by atoms with E-state index in [-0.39, 0.29) is 11.8 Å². The number of aromatic nitrogens is 1. The molecule has 134 valence electrons. The molecule has 1 atom stereocenters. The number of sulfone groups is 1. The molecule has 0 aliphatic carbocycles. The maximum absolute atomic E-state index is 11.7. The first-order chi connectivity index (χ1) is 12.1. The fraction of sp³-hybridized carbons (Fsp3) is 0.421. The van der Waals surface area contributed by atoms with E-state index in [1.54, 1.807) is 6.20 Å². The van der Waals surface area contributed by atoms with E-state index < -0.39 is 9.84 Å². The van der Waals surface area contributed by atoms with Gasteiger partial charge >= 0.3 is 0 Å². The lowest BCUT2D eigenvalue weighted by Gasteiger charge is -2.26. The van der Waals surface area contributed by atoms with Crippen LogP contribution < -0.4 is 4.74 Å². The van der Waals surface area contributed by atoms with E-state index in [0.29, 0.717) is 12.4 Å². The average Bonchev–Trinajstić information content (AvgIpc) is 2.99. The lowest BCUT2D eigenvalue weighted by molar-refractivity contribution is 0.214. The second-order valence-electron chi connectivity index (χ2n) is 6.38. The van der Waals surface area contributed by atoms with Crippen LogP contribution in [0.2, 0.25) is 0 Å². The van der Waals surface area contributed by atoms with E-state index in [9.17, 15) is 8.42 Å². The molecule has 0 N–H and O–H groups in total. The van der Waals surface area contributed by atoms with E-state index >= 15 is 0 Å². The third-order valence-electron chi connectivity index (χ3n) is 4.53. The van der Waals surface area contributed by atoms with Crippen molar-refractivity contribution >= 4 is 9.84 Å². The first-order valence-electron chi connectivity index (χ1n) is 8.62. The zero-order chi connectivity index (χ0) is 17.7. The lowest BCUT2D eigenvalue weighted by atomic mass is 10.1. The Hall–Kier alpha value is -1.92. The minimum atomic E-state index is -2.86. The second kappa shape index (κ2) is 7.97. The maximum Gasteiger partial charge on any atom is 0.151 e. The molecular formula is C19H24N2O3S. The fourth-order valence-corrected chi connectivity index (χ4v) is 4.93. The summed E-state index contributed by atoms with van der Waals surface area (Å²) in [7, 11) is -2.86. The predicted molar refractivity (Wildman–Crippen MR) is 98.2 cm³/mol.